The molecule has 0 N–H and O–H groups in total. The molecule has 3 rings (SSSR count). The minimum Gasteiger partial charge on any atom is -0.462 e. The van der Waals surface area contributed by atoms with Crippen LogP contribution in [-0.4, -0.2) is 34.7 Å². The Balaban J connectivity index is 0.000000500. The van der Waals surface area contributed by atoms with Gasteiger partial charge < -0.3 is 22.0 Å². The topological polar surface area (TPSA) is 60.9 Å². The Labute approximate surface area is 158 Å². The molecule has 148 valence electrons. The van der Waals surface area contributed by atoms with Gasteiger partial charge in [-0.05, 0) is 13.0 Å². The molecule has 6 nitrogen and oxygen atoms in total. The first-order chi connectivity index (χ1) is 13.2. The molecule has 0 bridgehead atoms. The van der Waals surface area contributed by atoms with Gasteiger partial charge in [0.15, 0.2) is 5.69 Å². The molecule has 0 aliphatic carbocycles. The number of halogens is 4. The van der Waals surface area contributed by atoms with Gasteiger partial charge in [0, 0.05) is 16.8 Å². The summed E-state index contributed by atoms with van der Waals surface area (Å²) in [5.74, 6) is 0.198. The lowest BCUT2D eigenvalue weighted by molar-refractivity contribution is -0.664. The predicted molar refractivity (Wildman–Crippen MR) is 94.1 cm³/mol. The van der Waals surface area contributed by atoms with E-state index in [1.54, 1.807) is 34.6 Å². The Morgan fingerprint density at radius 2 is 1.82 bits per heavy atom. The third-order valence-electron chi connectivity index (χ3n) is 3.38. The lowest BCUT2D eigenvalue weighted by atomic mass is 10.2. The number of ether oxygens (including phenoxy) is 1. The Kier molecular flexibility index (Phi) is 6.86. The fourth-order valence-electron chi connectivity index (χ4n) is 2.29. The predicted octanol–water partition coefficient (Wildman–Crippen LogP) is 3.24. The van der Waals surface area contributed by atoms with E-state index < -0.39 is 7.25 Å². The van der Waals surface area contributed by atoms with Crippen molar-refractivity contribution in [2.45, 2.75) is 6.92 Å². The molecule has 0 saturated carbocycles. The van der Waals surface area contributed by atoms with Crippen LogP contribution in [-0.2, 0) is 11.8 Å². The van der Waals surface area contributed by atoms with Gasteiger partial charge in [0.25, 0.3) is 5.82 Å². The van der Waals surface area contributed by atoms with Gasteiger partial charge in [0.1, 0.15) is 12.4 Å². The summed E-state index contributed by atoms with van der Waals surface area (Å²) in [5.41, 5.74) is 2.47. The molecule has 0 aliphatic rings. The molecule has 0 unspecified atom stereocenters. The van der Waals surface area contributed by atoms with E-state index in [1.807, 2.05) is 43.6 Å². The van der Waals surface area contributed by atoms with Crippen molar-refractivity contribution in [2.24, 2.45) is 7.05 Å². The van der Waals surface area contributed by atoms with Gasteiger partial charge >= 0.3 is 13.2 Å². The maximum Gasteiger partial charge on any atom is 0.673 e. The number of carbonyl (C=O) groups excluding carboxylic acids is 1. The first-order valence-corrected chi connectivity index (χ1v) is 8.21. The zero-order chi connectivity index (χ0) is 20.7. The van der Waals surface area contributed by atoms with Crippen molar-refractivity contribution in [1.29, 1.82) is 0 Å². The lowest BCUT2D eigenvalue weighted by Crippen LogP contribution is -2.34. The maximum absolute atomic E-state index is 11.8. The fourth-order valence-corrected chi connectivity index (χ4v) is 2.29. The molecule has 0 amide bonds. The van der Waals surface area contributed by atoms with Crippen LogP contribution in [0.25, 0.3) is 17.1 Å². The Morgan fingerprint density at radius 3 is 2.43 bits per heavy atom. The summed E-state index contributed by atoms with van der Waals surface area (Å²) in [6.07, 6.45) is 3.46. The van der Waals surface area contributed by atoms with Crippen molar-refractivity contribution in [1.82, 2.24) is 14.9 Å². The average Bonchev–Trinajstić information content (AvgIpc) is 3.03. The molecule has 3 aromatic rings. The van der Waals surface area contributed by atoms with Gasteiger partial charge in [-0.25, -0.2) is 4.79 Å². The average molecular weight is 396 g/mol. The summed E-state index contributed by atoms with van der Waals surface area (Å²) in [6, 6.07) is 13.3. The van der Waals surface area contributed by atoms with Crippen LogP contribution >= 0.6 is 0 Å². The summed E-state index contributed by atoms with van der Waals surface area (Å²) in [5, 5.41) is 4.42. The van der Waals surface area contributed by atoms with E-state index in [0.29, 0.717) is 18.0 Å². The summed E-state index contributed by atoms with van der Waals surface area (Å²) in [4.78, 5) is 16.1. The summed E-state index contributed by atoms with van der Waals surface area (Å²) < 4.78 is 47.4. The van der Waals surface area contributed by atoms with Crippen LogP contribution in [0.2, 0.25) is 0 Å². The molecule has 11 heteroatoms. The smallest absolute Gasteiger partial charge is 0.462 e. The molecule has 28 heavy (non-hydrogen) atoms. The molecular weight excluding hydrogens is 379 g/mol. The van der Waals surface area contributed by atoms with Gasteiger partial charge in [-0.2, -0.15) is 4.68 Å². The number of pyridine rings is 1. The number of rotatable bonds is 4. The monoisotopic (exact) mass is 396 g/mol. The standard InChI is InChI=1S/C17H17N4O2.BF4/c1-3-23-17(22)14-9-10-18-16(11-14)21-12-15(20(2)19-21)13-7-5-4-6-8-13;2-1(3,4)5/h4-12H,3H2,1-2H3;/q+1;-1. The molecule has 2 aromatic heterocycles. The van der Waals surface area contributed by atoms with E-state index in [-0.39, 0.29) is 5.97 Å². The van der Waals surface area contributed by atoms with Crippen LogP contribution in [0.1, 0.15) is 17.3 Å². The Hall–Kier alpha value is -3.24. The second-order valence-corrected chi connectivity index (χ2v) is 5.46. The van der Waals surface area contributed by atoms with E-state index in [4.69, 9.17) is 4.74 Å². The van der Waals surface area contributed by atoms with Gasteiger partial charge in [0.05, 0.1) is 19.2 Å². The largest absolute Gasteiger partial charge is 0.673 e. The Morgan fingerprint density at radius 1 is 1.18 bits per heavy atom. The van der Waals surface area contributed by atoms with Gasteiger partial charge in [-0.15, -0.1) is 9.67 Å². The van der Waals surface area contributed by atoms with Crippen LogP contribution in [0.15, 0.2) is 54.9 Å². The summed E-state index contributed by atoms with van der Waals surface area (Å²) in [7, 11) is -4.13. The highest BCUT2D eigenvalue weighted by atomic mass is 19.5. The fraction of sp³-hybridized carbons (Fsp3) is 0.176. The van der Waals surface area contributed by atoms with Crippen LogP contribution in [0, 0.1) is 0 Å². The van der Waals surface area contributed by atoms with E-state index in [2.05, 4.69) is 10.2 Å². The van der Waals surface area contributed by atoms with Crippen molar-refractivity contribution in [3.63, 3.8) is 0 Å². The van der Waals surface area contributed by atoms with Crippen LogP contribution in [0.4, 0.5) is 17.3 Å². The highest BCUT2D eigenvalue weighted by molar-refractivity contribution is 6.50. The second kappa shape index (κ2) is 9.11. The van der Waals surface area contributed by atoms with E-state index >= 15 is 0 Å². The van der Waals surface area contributed by atoms with Crippen molar-refractivity contribution in [3.8, 4) is 17.1 Å². The number of nitrogens with zero attached hydrogens (tertiary/aromatic N) is 4. The number of aryl methyl sites for hydroxylation is 1. The maximum atomic E-state index is 11.8. The van der Waals surface area contributed by atoms with E-state index in [1.165, 1.54) is 0 Å². The molecule has 1 aromatic carbocycles. The summed E-state index contributed by atoms with van der Waals surface area (Å²) in [6.45, 7) is 2.12. The van der Waals surface area contributed by atoms with Gasteiger partial charge in [0.2, 0.25) is 0 Å². The molecule has 0 saturated heterocycles. The Bertz CT molecular complexity index is 926. The van der Waals surface area contributed by atoms with E-state index in [9.17, 15) is 22.1 Å². The molecule has 0 fully saturated rings. The zero-order valence-electron chi connectivity index (χ0n) is 15.1. The third kappa shape index (κ3) is 6.18. The minimum atomic E-state index is -6.00. The third-order valence-corrected chi connectivity index (χ3v) is 3.38. The first kappa shape index (κ1) is 21.1. The van der Waals surface area contributed by atoms with Crippen LogP contribution < -0.4 is 4.68 Å². The quantitative estimate of drug-likeness (QED) is 0.294. The van der Waals surface area contributed by atoms with Crippen LogP contribution in [0.3, 0.4) is 0 Å². The number of carbonyl (C=O) groups is 1. The number of benzene rings is 1. The molecule has 0 aliphatic heterocycles. The highest BCUT2D eigenvalue weighted by Crippen LogP contribution is 2.16. The highest BCUT2D eigenvalue weighted by Gasteiger charge is 2.20. The van der Waals surface area contributed by atoms with Crippen molar-refractivity contribution in [3.05, 3.63) is 60.4 Å². The lowest BCUT2D eigenvalue weighted by Gasteiger charge is -2.00. The van der Waals surface area contributed by atoms with Crippen molar-refractivity contribution in [2.75, 3.05) is 6.61 Å². The summed E-state index contributed by atoms with van der Waals surface area (Å²) >= 11 is 0. The van der Waals surface area contributed by atoms with Gasteiger partial charge in [-0.3, -0.25) is 0 Å². The molecule has 0 atom stereocenters. The minimum absolute atomic E-state index is 0.339. The number of esters is 1. The molecule has 0 spiro atoms. The van der Waals surface area contributed by atoms with Gasteiger partial charge in [-0.1, -0.05) is 30.3 Å². The van der Waals surface area contributed by atoms with E-state index in [0.717, 1.165) is 11.3 Å². The second-order valence-electron chi connectivity index (χ2n) is 5.46. The van der Waals surface area contributed by atoms with Crippen LogP contribution in [0.5, 0.6) is 0 Å². The number of hydrogen-bond donors (Lipinski definition) is 0. The number of hydrogen-bond acceptors (Lipinski definition) is 4. The first-order valence-electron chi connectivity index (χ1n) is 8.21. The SMILES string of the molecule is CCOC(=O)c1ccnc(-[n+]2cc(-c3ccccc3)n(C)n2)c1.F[B-](F)(F)F. The normalized spacial score (nSPS) is 10.8. The number of aromatic nitrogens is 4. The zero-order valence-corrected chi connectivity index (χ0v) is 15.1. The molecular formula is C17H17BF4N4O2. The molecule has 2 heterocycles. The molecule has 0 radical (unpaired) electrons. The van der Waals surface area contributed by atoms with Crippen molar-refractivity contribution >= 4 is 13.2 Å². The van der Waals surface area contributed by atoms with Crippen molar-refractivity contribution < 1.29 is 31.5 Å².